The summed E-state index contributed by atoms with van der Waals surface area (Å²) in [6, 6.07) is 6.15. The van der Waals surface area contributed by atoms with Gasteiger partial charge in [0, 0.05) is 12.1 Å². The molecule has 0 aliphatic heterocycles. The first kappa shape index (κ1) is 15.3. The van der Waals surface area contributed by atoms with E-state index in [1.807, 2.05) is 0 Å². The molecule has 0 saturated heterocycles. The van der Waals surface area contributed by atoms with Gasteiger partial charge in [-0.15, -0.1) is 0 Å². The van der Waals surface area contributed by atoms with Gasteiger partial charge in [-0.1, -0.05) is 19.9 Å². The molecule has 0 heterocycles. The van der Waals surface area contributed by atoms with Crippen LogP contribution in [0.25, 0.3) is 0 Å². The largest absolute Gasteiger partial charge is 0.488 e. The summed E-state index contributed by atoms with van der Waals surface area (Å²) in [4.78, 5) is 0. The van der Waals surface area contributed by atoms with Crippen LogP contribution in [0.4, 0.5) is 4.39 Å². The van der Waals surface area contributed by atoms with Crippen LogP contribution in [-0.4, -0.2) is 29.9 Å². The van der Waals surface area contributed by atoms with Crippen LogP contribution in [0.1, 0.15) is 33.1 Å². The number of nitrogens with one attached hydrogen (secondary N) is 1. The van der Waals surface area contributed by atoms with Crippen LogP contribution in [0.5, 0.6) is 5.75 Å². The van der Waals surface area contributed by atoms with Crippen molar-refractivity contribution >= 4 is 0 Å². The second-order valence-corrected chi connectivity index (χ2v) is 5.94. The van der Waals surface area contributed by atoms with Gasteiger partial charge in [-0.2, -0.15) is 0 Å². The van der Waals surface area contributed by atoms with Crippen LogP contribution in [-0.2, 0) is 0 Å². The lowest BCUT2D eigenvalue weighted by Gasteiger charge is -2.35. The molecule has 1 saturated carbocycles. The molecule has 0 bridgehead atoms. The Morgan fingerprint density at radius 3 is 2.90 bits per heavy atom. The van der Waals surface area contributed by atoms with Crippen molar-refractivity contribution in [1.82, 2.24) is 5.32 Å². The highest BCUT2D eigenvalue weighted by Gasteiger charge is 2.33. The van der Waals surface area contributed by atoms with E-state index >= 15 is 0 Å². The Morgan fingerprint density at radius 2 is 2.20 bits per heavy atom. The van der Waals surface area contributed by atoms with Crippen molar-refractivity contribution in [2.24, 2.45) is 5.92 Å². The summed E-state index contributed by atoms with van der Waals surface area (Å²) in [5.41, 5.74) is 0. The molecule has 1 aromatic rings. The minimum atomic E-state index is -0.550. The number of aliphatic hydroxyl groups excluding tert-OH is 1. The quantitative estimate of drug-likeness (QED) is 0.872. The SMILES string of the molecule is CC(C)CN[C@H]1CCC[C@@H](Oc2cccc(F)c2)[C@@H]1O. The predicted molar refractivity (Wildman–Crippen MR) is 77.3 cm³/mol. The molecule has 0 spiro atoms. The minimum Gasteiger partial charge on any atom is -0.488 e. The van der Waals surface area contributed by atoms with Crippen LogP contribution in [0, 0.1) is 11.7 Å². The molecule has 1 aromatic carbocycles. The fourth-order valence-corrected chi connectivity index (χ4v) is 2.59. The first-order chi connectivity index (χ1) is 9.56. The number of hydrogen-bond acceptors (Lipinski definition) is 3. The van der Waals surface area contributed by atoms with Gasteiger partial charge in [-0.05, 0) is 43.9 Å². The molecule has 3 nitrogen and oxygen atoms in total. The highest BCUT2D eigenvalue weighted by atomic mass is 19.1. The van der Waals surface area contributed by atoms with E-state index in [1.165, 1.54) is 12.1 Å². The van der Waals surface area contributed by atoms with E-state index in [9.17, 15) is 9.50 Å². The van der Waals surface area contributed by atoms with Gasteiger partial charge < -0.3 is 15.2 Å². The summed E-state index contributed by atoms with van der Waals surface area (Å²) < 4.78 is 18.9. The molecule has 0 aromatic heterocycles. The van der Waals surface area contributed by atoms with Crippen LogP contribution >= 0.6 is 0 Å². The van der Waals surface area contributed by atoms with E-state index in [2.05, 4.69) is 19.2 Å². The van der Waals surface area contributed by atoms with E-state index in [0.29, 0.717) is 11.7 Å². The lowest BCUT2D eigenvalue weighted by atomic mass is 9.89. The number of rotatable bonds is 5. The Morgan fingerprint density at radius 1 is 1.40 bits per heavy atom. The van der Waals surface area contributed by atoms with Gasteiger partial charge in [-0.3, -0.25) is 0 Å². The summed E-state index contributed by atoms with van der Waals surface area (Å²) in [6.45, 7) is 5.17. The number of hydrogen-bond donors (Lipinski definition) is 2. The van der Waals surface area contributed by atoms with Crippen LogP contribution in [0.2, 0.25) is 0 Å². The molecule has 0 radical (unpaired) electrons. The zero-order chi connectivity index (χ0) is 14.5. The molecule has 20 heavy (non-hydrogen) atoms. The minimum absolute atomic E-state index is 0.0599. The van der Waals surface area contributed by atoms with Crippen LogP contribution < -0.4 is 10.1 Å². The van der Waals surface area contributed by atoms with Crippen molar-refractivity contribution in [3.63, 3.8) is 0 Å². The molecular formula is C16H24FNO2. The summed E-state index contributed by atoms with van der Waals surface area (Å²) in [7, 11) is 0. The molecule has 4 heteroatoms. The molecule has 1 aliphatic carbocycles. The molecule has 3 atom stereocenters. The van der Waals surface area contributed by atoms with Gasteiger partial charge >= 0.3 is 0 Å². The molecule has 0 amide bonds. The van der Waals surface area contributed by atoms with Gasteiger partial charge in [0.1, 0.15) is 23.8 Å². The van der Waals surface area contributed by atoms with Crippen molar-refractivity contribution in [2.75, 3.05) is 6.54 Å². The average Bonchev–Trinajstić information content (AvgIpc) is 2.40. The third-order valence-electron chi connectivity index (χ3n) is 3.67. The maximum absolute atomic E-state index is 13.1. The summed E-state index contributed by atoms with van der Waals surface area (Å²) in [5.74, 6) is 0.715. The average molecular weight is 281 g/mol. The Balaban J connectivity index is 1.94. The van der Waals surface area contributed by atoms with E-state index in [1.54, 1.807) is 12.1 Å². The van der Waals surface area contributed by atoms with E-state index in [4.69, 9.17) is 4.74 Å². The zero-order valence-electron chi connectivity index (χ0n) is 12.2. The van der Waals surface area contributed by atoms with Crippen molar-refractivity contribution in [2.45, 2.75) is 51.4 Å². The molecule has 0 unspecified atom stereocenters. The molecule has 112 valence electrons. The Hall–Kier alpha value is -1.13. The molecular weight excluding hydrogens is 257 g/mol. The van der Waals surface area contributed by atoms with E-state index in [-0.39, 0.29) is 18.0 Å². The predicted octanol–water partition coefficient (Wildman–Crippen LogP) is 2.73. The van der Waals surface area contributed by atoms with Gasteiger partial charge in [0.05, 0.1) is 0 Å². The van der Waals surface area contributed by atoms with Gasteiger partial charge in [0.25, 0.3) is 0 Å². The summed E-state index contributed by atoms with van der Waals surface area (Å²) in [6.07, 6.45) is 1.95. The smallest absolute Gasteiger partial charge is 0.126 e. The molecule has 2 rings (SSSR count). The Bertz CT molecular complexity index is 425. The van der Waals surface area contributed by atoms with Gasteiger partial charge in [0.2, 0.25) is 0 Å². The van der Waals surface area contributed by atoms with Gasteiger partial charge in [-0.25, -0.2) is 4.39 Å². The second-order valence-electron chi connectivity index (χ2n) is 5.94. The monoisotopic (exact) mass is 281 g/mol. The Labute approximate surface area is 120 Å². The summed E-state index contributed by atoms with van der Waals surface area (Å²) >= 11 is 0. The van der Waals surface area contributed by atoms with Crippen LogP contribution in [0.3, 0.4) is 0 Å². The highest BCUT2D eigenvalue weighted by molar-refractivity contribution is 5.23. The lowest BCUT2D eigenvalue weighted by Crippen LogP contribution is -2.51. The highest BCUT2D eigenvalue weighted by Crippen LogP contribution is 2.25. The first-order valence-electron chi connectivity index (χ1n) is 7.40. The molecule has 1 aliphatic rings. The normalized spacial score (nSPS) is 26.8. The maximum Gasteiger partial charge on any atom is 0.126 e. The van der Waals surface area contributed by atoms with E-state index in [0.717, 1.165) is 25.8 Å². The number of benzene rings is 1. The maximum atomic E-state index is 13.1. The molecule has 2 N–H and O–H groups in total. The number of aliphatic hydroxyl groups is 1. The fourth-order valence-electron chi connectivity index (χ4n) is 2.59. The van der Waals surface area contributed by atoms with Crippen molar-refractivity contribution < 1.29 is 14.2 Å². The second kappa shape index (κ2) is 7.04. The summed E-state index contributed by atoms with van der Waals surface area (Å²) in [5, 5.41) is 13.8. The topological polar surface area (TPSA) is 41.5 Å². The van der Waals surface area contributed by atoms with Gasteiger partial charge in [0.15, 0.2) is 0 Å². The molecule has 1 fully saturated rings. The number of ether oxygens (including phenoxy) is 1. The van der Waals surface area contributed by atoms with E-state index < -0.39 is 6.10 Å². The Kier molecular flexibility index (Phi) is 5.38. The van der Waals surface area contributed by atoms with Crippen LogP contribution in [0.15, 0.2) is 24.3 Å². The fraction of sp³-hybridized carbons (Fsp3) is 0.625. The first-order valence-corrected chi connectivity index (χ1v) is 7.40. The standard InChI is InChI=1S/C16H24FNO2/c1-11(2)10-18-14-7-4-8-15(16(14)19)20-13-6-3-5-12(17)9-13/h3,5-6,9,11,14-16,18-19H,4,7-8,10H2,1-2H3/t14-,15+,16+/m0/s1. The number of halogens is 1. The van der Waals surface area contributed by atoms with Crippen molar-refractivity contribution in [1.29, 1.82) is 0 Å². The third kappa shape index (κ3) is 4.18. The van der Waals surface area contributed by atoms with Crippen molar-refractivity contribution in [3.8, 4) is 5.75 Å². The zero-order valence-corrected chi connectivity index (χ0v) is 12.2. The third-order valence-corrected chi connectivity index (χ3v) is 3.67. The lowest BCUT2D eigenvalue weighted by molar-refractivity contribution is -0.0159. The van der Waals surface area contributed by atoms with Crippen molar-refractivity contribution in [3.05, 3.63) is 30.1 Å².